The average Bonchev–Trinajstić information content (AvgIpc) is 3.33. The zero-order chi connectivity index (χ0) is 30.3. The van der Waals surface area contributed by atoms with Gasteiger partial charge in [0.15, 0.2) is 11.6 Å². The molecule has 220 valence electrons. The van der Waals surface area contributed by atoms with Crippen molar-refractivity contribution in [3.05, 3.63) is 52.1 Å². The molecule has 15 heteroatoms. The number of likely N-dealkylation sites (N-methyl/N-ethyl adjacent to an activating group) is 1. The largest absolute Gasteiger partial charge is 0.490 e. The number of aromatic nitrogens is 2. The summed E-state index contributed by atoms with van der Waals surface area (Å²) in [5, 5.41) is 18.8. The number of nitriles is 1. The minimum atomic E-state index is -5.08. The number of rotatable bonds is 7. The molecule has 1 fully saturated rings. The van der Waals surface area contributed by atoms with Gasteiger partial charge in [-0.05, 0) is 46.6 Å². The smallest absolute Gasteiger partial charge is 0.475 e. The molecule has 1 aromatic carbocycles. The van der Waals surface area contributed by atoms with Gasteiger partial charge < -0.3 is 14.4 Å². The maximum absolute atomic E-state index is 13.1. The van der Waals surface area contributed by atoms with Crippen molar-refractivity contribution in [3.8, 4) is 6.07 Å². The highest BCUT2D eigenvalue weighted by Gasteiger charge is 2.38. The molecule has 3 aromatic rings. The third kappa shape index (κ3) is 9.13. The lowest BCUT2D eigenvalue weighted by molar-refractivity contribution is -0.192. The van der Waals surface area contributed by atoms with Crippen molar-refractivity contribution >= 4 is 44.6 Å². The van der Waals surface area contributed by atoms with Crippen LogP contribution < -0.4 is 10.4 Å². The molecule has 1 aliphatic rings. The van der Waals surface area contributed by atoms with Crippen LogP contribution in [0.3, 0.4) is 0 Å². The third-order valence-corrected chi connectivity index (χ3v) is 6.48. The maximum atomic E-state index is 13.1. The second-order valence-electron chi connectivity index (χ2n) is 9.79. The van der Waals surface area contributed by atoms with Crippen molar-refractivity contribution in [1.29, 1.82) is 5.26 Å². The summed E-state index contributed by atoms with van der Waals surface area (Å²) in [5.41, 5.74) is 4.72. The Morgan fingerprint density at radius 1 is 1.24 bits per heavy atom. The van der Waals surface area contributed by atoms with Gasteiger partial charge in [0.05, 0.1) is 4.47 Å². The first-order chi connectivity index (χ1) is 19.3. The molecule has 0 unspecified atom stereocenters. The van der Waals surface area contributed by atoms with Crippen LogP contribution in [0.15, 0.2) is 39.4 Å². The molecule has 0 bridgehead atoms. The van der Waals surface area contributed by atoms with E-state index >= 15 is 0 Å². The van der Waals surface area contributed by atoms with Gasteiger partial charge in [-0.1, -0.05) is 26.0 Å². The molecule has 4 rings (SSSR count). The van der Waals surface area contributed by atoms with Gasteiger partial charge in [-0.25, -0.2) is 9.78 Å². The number of fused-ring (bicyclic) bond motifs is 1. The highest BCUT2D eigenvalue weighted by Crippen LogP contribution is 2.25. The number of benzene rings is 1. The second kappa shape index (κ2) is 13.7. The lowest BCUT2D eigenvalue weighted by Gasteiger charge is -2.32. The number of aliphatic carboxylic acids is 1. The average molecular weight is 640 g/mol. The second-order valence-corrected chi connectivity index (χ2v) is 10.6. The minimum Gasteiger partial charge on any atom is -0.475 e. The van der Waals surface area contributed by atoms with Crippen molar-refractivity contribution in [3.63, 3.8) is 0 Å². The molecule has 2 N–H and O–H groups in total. The van der Waals surface area contributed by atoms with E-state index in [4.69, 9.17) is 14.3 Å². The van der Waals surface area contributed by atoms with Crippen molar-refractivity contribution in [1.82, 2.24) is 25.2 Å². The first-order valence-corrected chi connectivity index (χ1v) is 13.3. The number of carboxylic acid groups (broad SMARTS) is 1. The summed E-state index contributed by atoms with van der Waals surface area (Å²) >= 11 is 3.42. The molecule has 11 nitrogen and oxygen atoms in total. The zero-order valence-electron chi connectivity index (χ0n) is 22.6. The molecular formula is C26H29BrF3N7O4. The van der Waals surface area contributed by atoms with Crippen LogP contribution in [0.5, 0.6) is 0 Å². The monoisotopic (exact) mass is 639 g/mol. The molecular weight excluding hydrogens is 611 g/mol. The predicted octanol–water partition coefficient (Wildman–Crippen LogP) is 4.05. The molecule has 0 radical (unpaired) electrons. The standard InChI is InChI=1S/C24H28BrN7O2.C2HF3O2/c1-16(2)14-32(23-19(25)13-27-22(12-26)28-23)29-24(33)21-11-18-5-4-17(10-20(18)34-21)15-31-8-6-30(3)7-9-31;3-2(4,5)1(6)7/h4-5,10-11,13,16H,6-9,14-15H2,1-3H3,(H,29,33);(H,6,7). The van der Waals surface area contributed by atoms with E-state index in [0.717, 1.165) is 43.7 Å². The Kier molecular flexibility index (Phi) is 10.7. The van der Waals surface area contributed by atoms with Crippen molar-refractivity contribution in [2.24, 2.45) is 5.92 Å². The fraction of sp³-hybridized carbons (Fsp3) is 0.423. The van der Waals surface area contributed by atoms with E-state index in [9.17, 15) is 23.2 Å². The summed E-state index contributed by atoms with van der Waals surface area (Å²) in [6.45, 7) is 9.62. The molecule has 1 saturated heterocycles. The number of halogens is 4. The summed E-state index contributed by atoms with van der Waals surface area (Å²) in [5.74, 6) is -2.27. The fourth-order valence-corrected chi connectivity index (χ4v) is 4.28. The number of amides is 1. The van der Waals surface area contributed by atoms with Crippen LogP contribution in [-0.4, -0.2) is 82.7 Å². The number of nitrogens with zero attached hydrogens (tertiary/aromatic N) is 6. The van der Waals surface area contributed by atoms with E-state index < -0.39 is 12.1 Å². The Morgan fingerprint density at radius 2 is 1.90 bits per heavy atom. The van der Waals surface area contributed by atoms with E-state index in [1.54, 1.807) is 11.1 Å². The summed E-state index contributed by atoms with van der Waals surface area (Å²) in [7, 11) is 2.15. The molecule has 1 aliphatic heterocycles. The number of carboxylic acids is 1. The molecule has 2 aromatic heterocycles. The molecule has 0 aliphatic carbocycles. The summed E-state index contributed by atoms with van der Waals surface area (Å²) in [4.78, 5) is 35.0. The van der Waals surface area contributed by atoms with Crippen LogP contribution in [0.4, 0.5) is 19.0 Å². The Labute approximate surface area is 242 Å². The molecule has 0 spiro atoms. The van der Waals surface area contributed by atoms with Crippen LogP contribution in [0.1, 0.15) is 35.8 Å². The normalized spacial score (nSPS) is 14.3. The third-order valence-electron chi connectivity index (χ3n) is 5.92. The Balaban J connectivity index is 0.000000587. The summed E-state index contributed by atoms with van der Waals surface area (Å²) < 4.78 is 38.2. The van der Waals surface area contributed by atoms with E-state index in [1.807, 2.05) is 32.0 Å². The Hall–Kier alpha value is -3.74. The first kappa shape index (κ1) is 31.8. The van der Waals surface area contributed by atoms with Gasteiger partial charge >= 0.3 is 18.1 Å². The fourth-order valence-electron chi connectivity index (χ4n) is 3.88. The molecule has 0 atom stereocenters. The number of furan rings is 1. The topological polar surface area (TPSA) is 139 Å². The number of hydrogen-bond donors (Lipinski definition) is 2. The maximum Gasteiger partial charge on any atom is 0.490 e. The van der Waals surface area contributed by atoms with Crippen molar-refractivity contribution in [2.45, 2.75) is 26.6 Å². The number of piperazine rings is 1. The number of hydrazine groups is 1. The highest BCUT2D eigenvalue weighted by atomic mass is 79.9. The van der Waals surface area contributed by atoms with Gasteiger partial charge in [0.1, 0.15) is 11.7 Å². The first-order valence-electron chi connectivity index (χ1n) is 12.5. The minimum absolute atomic E-state index is 0.0258. The van der Waals surface area contributed by atoms with Crippen LogP contribution in [0.25, 0.3) is 11.0 Å². The highest BCUT2D eigenvalue weighted by molar-refractivity contribution is 9.10. The van der Waals surface area contributed by atoms with Gasteiger partial charge in [-0.15, -0.1) is 0 Å². The van der Waals surface area contributed by atoms with Crippen LogP contribution in [0, 0.1) is 17.2 Å². The molecule has 41 heavy (non-hydrogen) atoms. The van der Waals surface area contributed by atoms with Gasteiger partial charge in [-0.2, -0.15) is 23.4 Å². The number of hydrogen-bond acceptors (Lipinski definition) is 9. The van der Waals surface area contributed by atoms with Gasteiger partial charge in [0.25, 0.3) is 0 Å². The molecule has 3 heterocycles. The Bertz CT molecular complexity index is 1420. The van der Waals surface area contributed by atoms with Crippen LogP contribution >= 0.6 is 15.9 Å². The number of alkyl halides is 3. The molecule has 1 amide bonds. The van der Waals surface area contributed by atoms with Crippen LogP contribution in [0.2, 0.25) is 0 Å². The van der Waals surface area contributed by atoms with Crippen molar-refractivity contribution < 1.29 is 32.3 Å². The van der Waals surface area contributed by atoms with E-state index in [1.165, 1.54) is 6.20 Å². The van der Waals surface area contributed by atoms with Crippen molar-refractivity contribution in [2.75, 3.05) is 44.8 Å². The number of anilines is 1. The van der Waals surface area contributed by atoms with Gasteiger partial charge in [0.2, 0.25) is 5.82 Å². The predicted molar refractivity (Wildman–Crippen MR) is 147 cm³/mol. The van der Waals surface area contributed by atoms with Gasteiger partial charge in [0, 0.05) is 50.9 Å². The van der Waals surface area contributed by atoms with Gasteiger partial charge in [-0.3, -0.25) is 20.1 Å². The number of carbonyl (C=O) groups excluding carboxylic acids is 1. The number of nitrogens with one attached hydrogen (secondary N) is 1. The van der Waals surface area contributed by atoms with Crippen LogP contribution in [-0.2, 0) is 11.3 Å². The number of carbonyl (C=O) groups is 2. The summed E-state index contributed by atoms with van der Waals surface area (Å²) in [6.07, 6.45) is -3.58. The zero-order valence-corrected chi connectivity index (χ0v) is 24.2. The lowest BCUT2D eigenvalue weighted by atomic mass is 10.1. The quantitative estimate of drug-likeness (QED) is 0.364. The van der Waals surface area contributed by atoms with E-state index in [-0.39, 0.29) is 23.4 Å². The molecule has 0 saturated carbocycles. The van der Waals surface area contributed by atoms with E-state index in [0.29, 0.717) is 22.4 Å². The summed E-state index contributed by atoms with van der Waals surface area (Å²) in [6, 6.07) is 9.77. The van der Waals surface area contributed by atoms with E-state index in [2.05, 4.69) is 54.2 Å². The SMILES string of the molecule is CC(C)CN(NC(=O)c1cc2ccc(CN3CCN(C)CC3)cc2o1)c1nc(C#N)ncc1Br.O=C(O)C(F)(F)F. The lowest BCUT2D eigenvalue weighted by Crippen LogP contribution is -2.45. The Morgan fingerprint density at radius 3 is 2.49 bits per heavy atom.